The minimum Gasteiger partial charge on any atom is -0.455 e. The zero-order valence-corrected chi connectivity index (χ0v) is 14.8. The molecular weight excluding hydrogens is 340 g/mol. The number of carbonyl (C=O) groups excluding carboxylic acids is 2. The molecular formula is C18H22N2O4S. The third kappa shape index (κ3) is 5.49. The quantitative estimate of drug-likeness (QED) is 0.602. The number of ether oxygens (including phenoxy) is 1. The van der Waals surface area contributed by atoms with Gasteiger partial charge in [0.05, 0.1) is 0 Å². The maximum atomic E-state index is 11.8. The maximum Gasteiger partial charge on any atom is 0.316 e. The molecule has 1 saturated carbocycles. The Kier molecular flexibility index (Phi) is 6.33. The van der Waals surface area contributed by atoms with E-state index in [9.17, 15) is 9.59 Å². The van der Waals surface area contributed by atoms with E-state index in [-0.39, 0.29) is 18.3 Å². The Hall–Kier alpha value is -2.02. The van der Waals surface area contributed by atoms with Gasteiger partial charge in [-0.05, 0) is 30.9 Å². The highest BCUT2D eigenvalue weighted by atomic mass is 32.2. The molecule has 0 unspecified atom stereocenters. The standard InChI is InChI=1S/C18H22N2O4S/c21-16(19-10-13-6-2-1-3-7-13)11-23-17(22)12-25-18-20-14-8-4-5-9-15(14)24-18/h4-5,8-9,13H,1-3,6-7,10-12H2,(H,19,21). The van der Waals surface area contributed by atoms with Crippen LogP contribution in [0.5, 0.6) is 0 Å². The van der Waals surface area contributed by atoms with Gasteiger partial charge in [-0.2, -0.15) is 0 Å². The molecule has 0 bridgehead atoms. The lowest BCUT2D eigenvalue weighted by atomic mass is 9.89. The molecule has 0 spiro atoms. The Bertz CT molecular complexity index is 692. The molecule has 25 heavy (non-hydrogen) atoms. The number of carbonyl (C=O) groups is 2. The number of hydrogen-bond donors (Lipinski definition) is 1. The van der Waals surface area contributed by atoms with Gasteiger partial charge in [0.15, 0.2) is 12.2 Å². The van der Waals surface area contributed by atoms with Crippen molar-refractivity contribution >= 4 is 34.7 Å². The van der Waals surface area contributed by atoms with Gasteiger partial charge < -0.3 is 14.5 Å². The van der Waals surface area contributed by atoms with Crippen LogP contribution in [0.4, 0.5) is 0 Å². The summed E-state index contributed by atoms with van der Waals surface area (Å²) in [6, 6.07) is 7.40. The lowest BCUT2D eigenvalue weighted by Gasteiger charge is -2.21. The molecule has 1 amide bonds. The number of nitrogens with one attached hydrogen (secondary N) is 1. The fourth-order valence-electron chi connectivity index (χ4n) is 2.92. The number of benzene rings is 1. The molecule has 6 nitrogen and oxygen atoms in total. The number of amides is 1. The van der Waals surface area contributed by atoms with Crippen molar-refractivity contribution in [1.29, 1.82) is 0 Å². The highest BCUT2D eigenvalue weighted by Gasteiger charge is 2.15. The molecule has 0 radical (unpaired) electrons. The van der Waals surface area contributed by atoms with Crippen molar-refractivity contribution in [2.45, 2.75) is 37.3 Å². The van der Waals surface area contributed by atoms with Crippen LogP contribution in [0.1, 0.15) is 32.1 Å². The van der Waals surface area contributed by atoms with Gasteiger partial charge in [-0.1, -0.05) is 43.2 Å². The monoisotopic (exact) mass is 362 g/mol. The number of oxazole rings is 1. The summed E-state index contributed by atoms with van der Waals surface area (Å²) in [5.41, 5.74) is 1.43. The van der Waals surface area contributed by atoms with Crippen molar-refractivity contribution in [1.82, 2.24) is 10.3 Å². The molecule has 1 N–H and O–H groups in total. The molecule has 0 atom stereocenters. The van der Waals surface area contributed by atoms with Crippen LogP contribution in [0.15, 0.2) is 33.9 Å². The van der Waals surface area contributed by atoms with Crippen LogP contribution in [-0.4, -0.2) is 35.8 Å². The number of hydrogen-bond acceptors (Lipinski definition) is 6. The van der Waals surface area contributed by atoms with Crippen molar-refractivity contribution in [2.75, 3.05) is 18.9 Å². The predicted octanol–water partition coefficient (Wildman–Crippen LogP) is 3.16. The fourth-order valence-corrected chi connectivity index (χ4v) is 3.56. The molecule has 2 aromatic rings. The smallest absolute Gasteiger partial charge is 0.316 e. The minimum atomic E-state index is -0.458. The number of para-hydroxylation sites is 2. The average molecular weight is 362 g/mol. The van der Waals surface area contributed by atoms with Crippen LogP contribution in [0.25, 0.3) is 11.1 Å². The Morgan fingerprint density at radius 3 is 2.84 bits per heavy atom. The second-order valence-electron chi connectivity index (χ2n) is 6.20. The highest BCUT2D eigenvalue weighted by molar-refractivity contribution is 7.99. The van der Waals surface area contributed by atoms with Crippen LogP contribution in [-0.2, 0) is 14.3 Å². The molecule has 1 aromatic carbocycles. The van der Waals surface area contributed by atoms with E-state index in [4.69, 9.17) is 9.15 Å². The summed E-state index contributed by atoms with van der Waals surface area (Å²) in [5, 5.41) is 3.26. The van der Waals surface area contributed by atoms with Crippen molar-refractivity contribution in [3.8, 4) is 0 Å². The summed E-state index contributed by atoms with van der Waals surface area (Å²) in [4.78, 5) is 27.8. The van der Waals surface area contributed by atoms with Gasteiger partial charge in [0.25, 0.3) is 11.1 Å². The third-order valence-electron chi connectivity index (χ3n) is 4.26. The Morgan fingerprint density at radius 2 is 2.04 bits per heavy atom. The number of fused-ring (bicyclic) bond motifs is 1. The van der Waals surface area contributed by atoms with Gasteiger partial charge in [0.1, 0.15) is 11.3 Å². The molecule has 134 valence electrons. The first-order valence-electron chi connectivity index (χ1n) is 8.61. The van der Waals surface area contributed by atoms with E-state index < -0.39 is 5.97 Å². The molecule has 3 rings (SSSR count). The summed E-state index contributed by atoms with van der Waals surface area (Å²) in [5.74, 6) is -0.0862. The largest absolute Gasteiger partial charge is 0.455 e. The van der Waals surface area contributed by atoms with Crippen LogP contribution in [0.2, 0.25) is 0 Å². The normalized spacial score (nSPS) is 15.2. The summed E-state index contributed by atoms with van der Waals surface area (Å²) >= 11 is 1.16. The number of esters is 1. The van der Waals surface area contributed by atoms with E-state index in [0.29, 0.717) is 23.3 Å². The van der Waals surface area contributed by atoms with E-state index in [1.54, 1.807) is 0 Å². The molecule has 7 heteroatoms. The van der Waals surface area contributed by atoms with Crippen LogP contribution >= 0.6 is 11.8 Å². The molecule has 1 heterocycles. The summed E-state index contributed by atoms with van der Waals surface area (Å²) < 4.78 is 10.5. The lowest BCUT2D eigenvalue weighted by molar-refractivity contribution is -0.146. The van der Waals surface area contributed by atoms with Gasteiger partial charge in [0.2, 0.25) is 0 Å². The Morgan fingerprint density at radius 1 is 1.24 bits per heavy atom. The Balaban J connectivity index is 1.33. The number of nitrogens with zero attached hydrogens (tertiary/aromatic N) is 1. The van der Waals surface area contributed by atoms with Crippen LogP contribution < -0.4 is 5.32 Å². The number of thioether (sulfide) groups is 1. The maximum absolute atomic E-state index is 11.8. The van der Waals surface area contributed by atoms with Gasteiger partial charge >= 0.3 is 5.97 Å². The van der Waals surface area contributed by atoms with Gasteiger partial charge in [-0.3, -0.25) is 9.59 Å². The lowest BCUT2D eigenvalue weighted by Crippen LogP contribution is -2.33. The number of aromatic nitrogens is 1. The zero-order chi connectivity index (χ0) is 17.5. The summed E-state index contributed by atoms with van der Waals surface area (Å²) in [6.45, 7) is 0.438. The first-order chi connectivity index (χ1) is 12.2. The van der Waals surface area contributed by atoms with E-state index in [2.05, 4.69) is 10.3 Å². The fraction of sp³-hybridized carbons (Fsp3) is 0.500. The molecule has 1 fully saturated rings. The molecule has 1 aliphatic rings. The van der Waals surface area contributed by atoms with E-state index in [1.165, 1.54) is 32.1 Å². The molecule has 0 saturated heterocycles. The predicted molar refractivity (Wildman–Crippen MR) is 95.3 cm³/mol. The average Bonchev–Trinajstić information content (AvgIpc) is 3.07. The van der Waals surface area contributed by atoms with Crippen molar-refractivity contribution in [2.24, 2.45) is 5.92 Å². The van der Waals surface area contributed by atoms with E-state index in [0.717, 1.165) is 17.3 Å². The van der Waals surface area contributed by atoms with Gasteiger partial charge in [-0.25, -0.2) is 4.98 Å². The van der Waals surface area contributed by atoms with Crippen LogP contribution in [0, 0.1) is 5.92 Å². The van der Waals surface area contributed by atoms with Gasteiger partial charge in [-0.15, -0.1) is 0 Å². The Labute approximate surface area is 150 Å². The van der Waals surface area contributed by atoms with Crippen molar-refractivity contribution in [3.05, 3.63) is 24.3 Å². The molecule has 0 aliphatic heterocycles. The van der Waals surface area contributed by atoms with E-state index in [1.807, 2.05) is 24.3 Å². The second-order valence-corrected chi connectivity index (χ2v) is 7.13. The van der Waals surface area contributed by atoms with Crippen molar-refractivity contribution < 1.29 is 18.7 Å². The molecule has 1 aromatic heterocycles. The first-order valence-corrected chi connectivity index (χ1v) is 9.60. The summed E-state index contributed by atoms with van der Waals surface area (Å²) in [6.07, 6.45) is 6.10. The highest BCUT2D eigenvalue weighted by Crippen LogP contribution is 2.23. The SMILES string of the molecule is O=C(COC(=O)CSc1nc2ccccc2o1)NCC1CCCCC1. The van der Waals surface area contributed by atoms with Crippen LogP contribution in [0.3, 0.4) is 0 Å². The van der Waals surface area contributed by atoms with Gasteiger partial charge in [0, 0.05) is 6.54 Å². The van der Waals surface area contributed by atoms with E-state index >= 15 is 0 Å². The minimum absolute atomic E-state index is 0.0583. The summed E-state index contributed by atoms with van der Waals surface area (Å²) in [7, 11) is 0. The number of rotatable bonds is 7. The topological polar surface area (TPSA) is 81.4 Å². The zero-order valence-electron chi connectivity index (χ0n) is 14.0. The third-order valence-corrected chi connectivity index (χ3v) is 5.07. The second kappa shape index (κ2) is 8.89. The molecule has 1 aliphatic carbocycles. The van der Waals surface area contributed by atoms with Crippen molar-refractivity contribution in [3.63, 3.8) is 0 Å². The first kappa shape index (κ1) is 17.8.